The first-order chi connectivity index (χ1) is 17.2. The number of nitrogens with two attached hydrogens (primary N) is 1. The molecule has 186 valence electrons. The van der Waals surface area contributed by atoms with Crippen LogP contribution in [-0.2, 0) is 27.2 Å². The number of amides is 1. The first kappa shape index (κ1) is 25.2. The lowest BCUT2D eigenvalue weighted by Crippen LogP contribution is -2.55. The van der Waals surface area contributed by atoms with Crippen LogP contribution >= 0.6 is 0 Å². The van der Waals surface area contributed by atoms with Gasteiger partial charge in [0.1, 0.15) is 23.6 Å². The number of benzene rings is 3. The van der Waals surface area contributed by atoms with Crippen LogP contribution in [0.15, 0.2) is 72.8 Å². The molecule has 0 spiro atoms. The van der Waals surface area contributed by atoms with Gasteiger partial charge in [-0.3, -0.25) is 14.4 Å². The molecule has 2 unspecified atom stereocenters. The molecule has 1 heterocycles. The molecule has 1 aliphatic rings. The number of para-hydroxylation sites is 1. The third-order valence-corrected chi connectivity index (χ3v) is 6.40. The van der Waals surface area contributed by atoms with Crippen LogP contribution in [0.3, 0.4) is 0 Å². The number of hydrazine groups is 1. The molecule has 0 aliphatic carbocycles. The van der Waals surface area contributed by atoms with Crippen molar-refractivity contribution < 1.29 is 23.2 Å². The fourth-order valence-corrected chi connectivity index (χ4v) is 4.65. The quantitative estimate of drug-likeness (QED) is 0.371. The molecule has 3 atom stereocenters. The number of carbonyl (C=O) groups excluding carboxylic acids is 3. The summed E-state index contributed by atoms with van der Waals surface area (Å²) in [5, 5.41) is 3.99. The van der Waals surface area contributed by atoms with Gasteiger partial charge < -0.3 is 10.3 Å². The number of ketones is 2. The molecule has 0 bridgehead atoms. The number of anilines is 1. The highest BCUT2D eigenvalue weighted by Crippen LogP contribution is 2.37. The average molecular weight is 492 g/mol. The van der Waals surface area contributed by atoms with Crippen molar-refractivity contribution >= 4 is 23.2 Å². The molecule has 0 saturated heterocycles. The minimum absolute atomic E-state index is 0.142. The third kappa shape index (κ3) is 5.49. The zero-order valence-corrected chi connectivity index (χ0v) is 19.8. The van der Waals surface area contributed by atoms with E-state index in [0.717, 1.165) is 17.7 Å². The number of fused-ring (bicyclic) bond motifs is 1. The summed E-state index contributed by atoms with van der Waals surface area (Å²) < 4.78 is 26.9. The van der Waals surface area contributed by atoms with Gasteiger partial charge in [0.05, 0.1) is 18.2 Å². The molecule has 6 nitrogen and oxygen atoms in total. The fourth-order valence-electron chi connectivity index (χ4n) is 4.65. The number of carbonyl (C=O) groups is 3. The topological polar surface area (TPSA) is 92.5 Å². The highest BCUT2D eigenvalue weighted by atomic mass is 19.1. The van der Waals surface area contributed by atoms with Gasteiger partial charge in [0.25, 0.3) is 0 Å². The standard InChI is InChI=1S/C28H27F2N3O3/c1-17(32-25(34)15-19-13-20(29)16-21(30)14-19)27(35)26-22-9-5-6-10-23(22)33(31)24(28(26)36)12-11-18-7-3-2-4-8-18/h2-10,13-14,16-17,24,26H,11-12,15,31H2,1H3,(H,32,34)/t17-,24?,26?/m0/s1. The second kappa shape index (κ2) is 10.8. The number of nitrogens with zero attached hydrogens (tertiary/aromatic N) is 1. The highest BCUT2D eigenvalue weighted by molar-refractivity contribution is 6.15. The van der Waals surface area contributed by atoms with E-state index < -0.39 is 41.3 Å². The van der Waals surface area contributed by atoms with Crippen LogP contribution in [0.4, 0.5) is 14.5 Å². The Kier molecular flexibility index (Phi) is 7.55. The molecule has 0 fully saturated rings. The summed E-state index contributed by atoms with van der Waals surface area (Å²) in [5.41, 5.74) is 2.26. The van der Waals surface area contributed by atoms with Crippen LogP contribution in [-0.4, -0.2) is 29.6 Å². The molecule has 4 rings (SSSR count). The minimum atomic E-state index is -1.09. The number of aryl methyl sites for hydroxylation is 1. The Morgan fingerprint density at radius 2 is 1.61 bits per heavy atom. The van der Waals surface area contributed by atoms with Crippen molar-refractivity contribution in [3.63, 3.8) is 0 Å². The molecule has 1 aliphatic heterocycles. The first-order valence-corrected chi connectivity index (χ1v) is 11.7. The van der Waals surface area contributed by atoms with Gasteiger partial charge in [-0.2, -0.15) is 0 Å². The van der Waals surface area contributed by atoms with E-state index in [1.807, 2.05) is 30.3 Å². The maximum atomic E-state index is 13.6. The molecule has 3 N–H and O–H groups in total. The average Bonchev–Trinajstić information content (AvgIpc) is 2.84. The number of halogens is 2. The number of hydrogen-bond acceptors (Lipinski definition) is 5. The largest absolute Gasteiger partial charge is 0.346 e. The van der Waals surface area contributed by atoms with Crippen LogP contribution in [0.5, 0.6) is 0 Å². The lowest BCUT2D eigenvalue weighted by molar-refractivity contribution is -0.133. The van der Waals surface area contributed by atoms with Gasteiger partial charge in [0, 0.05) is 6.07 Å². The van der Waals surface area contributed by atoms with Crippen molar-refractivity contribution in [2.24, 2.45) is 5.84 Å². The molecular weight excluding hydrogens is 464 g/mol. The maximum absolute atomic E-state index is 13.6. The highest BCUT2D eigenvalue weighted by Gasteiger charge is 2.43. The fraction of sp³-hybridized carbons (Fsp3) is 0.250. The van der Waals surface area contributed by atoms with Crippen LogP contribution in [0.2, 0.25) is 0 Å². The summed E-state index contributed by atoms with van der Waals surface area (Å²) in [6.07, 6.45) is 0.714. The van der Waals surface area contributed by atoms with Gasteiger partial charge in [-0.05, 0) is 54.7 Å². The van der Waals surface area contributed by atoms with Crippen molar-refractivity contribution in [3.8, 4) is 0 Å². The van der Waals surface area contributed by atoms with Gasteiger partial charge in [0.2, 0.25) is 5.91 Å². The summed E-state index contributed by atoms with van der Waals surface area (Å²) in [4.78, 5) is 39.6. The lowest BCUT2D eigenvalue weighted by atomic mass is 9.79. The Hall–Kier alpha value is -3.91. The van der Waals surface area contributed by atoms with E-state index in [9.17, 15) is 23.2 Å². The molecule has 0 radical (unpaired) electrons. The van der Waals surface area contributed by atoms with E-state index in [1.54, 1.807) is 24.3 Å². The normalized spacial score (nSPS) is 17.9. The maximum Gasteiger partial charge on any atom is 0.224 e. The van der Waals surface area contributed by atoms with Crippen LogP contribution < -0.4 is 16.2 Å². The molecule has 0 aromatic heterocycles. The number of rotatable bonds is 8. The number of Topliss-reactive ketones (excluding diaryl/α,β-unsaturated/α-hetero) is 2. The van der Waals surface area contributed by atoms with Crippen molar-refractivity contribution in [2.45, 2.75) is 44.2 Å². The molecule has 3 aromatic carbocycles. The number of hydrogen-bond donors (Lipinski definition) is 2. The first-order valence-electron chi connectivity index (χ1n) is 11.7. The molecule has 8 heteroatoms. The van der Waals surface area contributed by atoms with Gasteiger partial charge in [0.15, 0.2) is 11.6 Å². The van der Waals surface area contributed by atoms with Crippen molar-refractivity contribution in [3.05, 3.63) is 101 Å². The van der Waals surface area contributed by atoms with E-state index >= 15 is 0 Å². The predicted octanol–water partition coefficient (Wildman–Crippen LogP) is 3.63. The zero-order valence-electron chi connectivity index (χ0n) is 19.8. The lowest BCUT2D eigenvalue weighted by Gasteiger charge is -2.38. The van der Waals surface area contributed by atoms with Gasteiger partial charge >= 0.3 is 0 Å². The van der Waals surface area contributed by atoms with Gasteiger partial charge in [-0.1, -0.05) is 48.5 Å². The van der Waals surface area contributed by atoms with Crippen LogP contribution in [0.25, 0.3) is 0 Å². The third-order valence-electron chi connectivity index (χ3n) is 6.40. The van der Waals surface area contributed by atoms with Gasteiger partial charge in [-0.15, -0.1) is 0 Å². The van der Waals surface area contributed by atoms with Crippen molar-refractivity contribution in [1.82, 2.24) is 5.32 Å². The smallest absolute Gasteiger partial charge is 0.224 e. The Labute approximate surface area is 208 Å². The van der Waals surface area contributed by atoms with Crippen molar-refractivity contribution in [2.75, 3.05) is 5.01 Å². The van der Waals surface area contributed by atoms with E-state index in [2.05, 4.69) is 5.32 Å². The summed E-state index contributed by atoms with van der Waals surface area (Å²) in [6.45, 7) is 1.50. The molecule has 1 amide bonds. The minimum Gasteiger partial charge on any atom is -0.346 e. The zero-order chi connectivity index (χ0) is 25.8. The summed E-state index contributed by atoms with van der Waals surface area (Å²) in [6, 6.07) is 17.8. The van der Waals surface area contributed by atoms with E-state index in [0.29, 0.717) is 30.2 Å². The molecule has 0 saturated carbocycles. The summed E-state index contributed by atoms with van der Waals surface area (Å²) in [5.74, 6) is 2.28. The Bertz CT molecular complexity index is 1260. The second-order valence-electron chi connectivity index (χ2n) is 8.99. The second-order valence-corrected chi connectivity index (χ2v) is 8.99. The Morgan fingerprint density at radius 3 is 2.31 bits per heavy atom. The Balaban J connectivity index is 1.52. The molecule has 3 aromatic rings. The van der Waals surface area contributed by atoms with E-state index in [1.165, 1.54) is 11.9 Å². The SMILES string of the molecule is C[C@H](NC(=O)Cc1cc(F)cc(F)c1)C(=O)C1C(=O)C(CCc2ccccc2)N(N)c2ccccc21. The summed E-state index contributed by atoms with van der Waals surface area (Å²) >= 11 is 0. The predicted molar refractivity (Wildman–Crippen MR) is 132 cm³/mol. The monoisotopic (exact) mass is 491 g/mol. The molecule has 36 heavy (non-hydrogen) atoms. The van der Waals surface area contributed by atoms with E-state index in [4.69, 9.17) is 5.84 Å². The van der Waals surface area contributed by atoms with Gasteiger partial charge in [-0.25, -0.2) is 14.6 Å². The Morgan fingerprint density at radius 1 is 0.972 bits per heavy atom. The van der Waals surface area contributed by atoms with E-state index in [-0.39, 0.29) is 17.8 Å². The van der Waals surface area contributed by atoms with Crippen molar-refractivity contribution in [1.29, 1.82) is 0 Å². The van der Waals surface area contributed by atoms with Crippen LogP contribution in [0.1, 0.15) is 36.0 Å². The van der Waals surface area contributed by atoms with Crippen LogP contribution in [0, 0.1) is 11.6 Å². The molecular formula is C28H27F2N3O3. The summed E-state index contributed by atoms with van der Waals surface area (Å²) in [7, 11) is 0. The number of nitrogens with one attached hydrogen (secondary N) is 1.